The Morgan fingerprint density at radius 3 is 2.37 bits per heavy atom. The maximum absolute atomic E-state index is 12.1. The fourth-order valence-corrected chi connectivity index (χ4v) is 10.9. The Balaban J connectivity index is 1.19. The molecule has 5 saturated heterocycles. The number of carboxylic acid groups (broad SMARTS) is 1. The van der Waals surface area contributed by atoms with Crippen LogP contribution < -0.4 is 0 Å². The molecule has 0 radical (unpaired) electrons. The Labute approximate surface area is 322 Å². The number of aliphatic carboxylic acids is 1. The number of carboxylic acids is 1. The Bertz CT molecular complexity index is 1410. The molecule has 11 nitrogen and oxygen atoms in total. The summed E-state index contributed by atoms with van der Waals surface area (Å²) in [7, 11) is 1.57. The van der Waals surface area contributed by atoms with E-state index in [1.165, 1.54) is 0 Å². The quantitative estimate of drug-likeness (QED) is 0.203. The van der Waals surface area contributed by atoms with Crippen LogP contribution in [0, 0.1) is 35.5 Å². The van der Waals surface area contributed by atoms with Gasteiger partial charge in [-0.15, -0.1) is 0 Å². The van der Waals surface area contributed by atoms with E-state index >= 15 is 0 Å². The van der Waals surface area contributed by atoms with Crippen molar-refractivity contribution in [1.29, 1.82) is 0 Å². The van der Waals surface area contributed by atoms with Crippen LogP contribution in [0.4, 0.5) is 0 Å². The molecule has 3 N–H and O–H groups in total. The third-order valence-corrected chi connectivity index (χ3v) is 14.3. The first-order chi connectivity index (χ1) is 25.5. The lowest BCUT2D eigenvalue weighted by Gasteiger charge is -2.50. The van der Waals surface area contributed by atoms with Crippen molar-refractivity contribution in [1.82, 2.24) is 0 Å². The van der Waals surface area contributed by atoms with E-state index < -0.39 is 47.4 Å². The number of carbonyl (C=O) groups is 1. The van der Waals surface area contributed by atoms with Crippen LogP contribution in [-0.4, -0.2) is 101 Å². The van der Waals surface area contributed by atoms with Crippen molar-refractivity contribution < 1.29 is 53.3 Å². The van der Waals surface area contributed by atoms with Gasteiger partial charge in [-0.25, -0.2) is 0 Å². The fourth-order valence-electron chi connectivity index (χ4n) is 10.9. The van der Waals surface area contributed by atoms with E-state index in [0.29, 0.717) is 19.4 Å². The summed E-state index contributed by atoms with van der Waals surface area (Å²) < 4.78 is 47.1. The van der Waals surface area contributed by atoms with Gasteiger partial charge in [-0.1, -0.05) is 71.9 Å². The molecule has 0 bridgehead atoms. The second kappa shape index (κ2) is 16.3. The average molecular weight is 761 g/mol. The highest BCUT2D eigenvalue weighted by atomic mass is 16.7. The normalized spacial score (nSPS) is 45.8. The zero-order valence-electron chi connectivity index (χ0n) is 34.1. The molecule has 5 aliphatic rings. The minimum Gasteiger partial charge on any atom is -0.481 e. The zero-order valence-corrected chi connectivity index (χ0v) is 34.1. The molecule has 0 aromatic heterocycles. The standard InChI is InChI=1S/C43H68O11/c1-10-41(38-26(3)21-32(50-38)35-25(2)20-27(4)43(47,24-44)53-35)17-16-34(51-41)40(8)18-19-42(54-40)22-33(49-23-31-14-12-11-13-15-31)28(5)37(52-42)29(6)36(48-9)30(7)39(45)46/h11-15,25-30,32-38,44,47H,10,16-24H2,1-9H3,(H,45,46)/t25-,26-,27+,28+,29-,30-,32+,33-,34+,35-,36+,37-,38+,40-,41-,42+,43-/m0/s1. The molecule has 54 heavy (non-hydrogen) atoms. The molecule has 0 unspecified atom stereocenters. The first-order valence-corrected chi connectivity index (χ1v) is 20.7. The lowest BCUT2D eigenvalue weighted by atomic mass is 9.78. The number of rotatable bonds is 13. The highest BCUT2D eigenvalue weighted by Crippen LogP contribution is 2.55. The Kier molecular flexibility index (Phi) is 12.7. The lowest BCUT2D eigenvalue weighted by molar-refractivity contribution is -0.340. The van der Waals surface area contributed by atoms with Crippen LogP contribution in [0.3, 0.4) is 0 Å². The third-order valence-electron chi connectivity index (χ3n) is 14.3. The number of methoxy groups -OCH3 is 1. The van der Waals surface area contributed by atoms with Gasteiger partial charge in [0.2, 0.25) is 0 Å². The molecular weight excluding hydrogens is 692 g/mol. The lowest BCUT2D eigenvalue weighted by Crippen LogP contribution is -2.57. The summed E-state index contributed by atoms with van der Waals surface area (Å²) in [6, 6.07) is 10.1. The number of hydrogen-bond donors (Lipinski definition) is 3. The van der Waals surface area contributed by atoms with Gasteiger partial charge >= 0.3 is 5.97 Å². The predicted molar refractivity (Wildman–Crippen MR) is 201 cm³/mol. The van der Waals surface area contributed by atoms with E-state index in [4.69, 9.17) is 33.2 Å². The fraction of sp³-hybridized carbons (Fsp3) is 0.837. The van der Waals surface area contributed by atoms with Crippen LogP contribution in [0.2, 0.25) is 0 Å². The minimum absolute atomic E-state index is 0.0414. The maximum Gasteiger partial charge on any atom is 0.308 e. The highest BCUT2D eigenvalue weighted by Gasteiger charge is 2.62. The van der Waals surface area contributed by atoms with Crippen LogP contribution in [-0.2, 0) is 44.6 Å². The largest absolute Gasteiger partial charge is 0.481 e. The van der Waals surface area contributed by atoms with Gasteiger partial charge in [0.25, 0.3) is 0 Å². The molecule has 11 heteroatoms. The van der Waals surface area contributed by atoms with Crippen LogP contribution in [0.25, 0.3) is 0 Å². The zero-order chi connectivity index (χ0) is 39.2. The monoisotopic (exact) mass is 760 g/mol. The van der Waals surface area contributed by atoms with Crippen LogP contribution in [0.5, 0.6) is 0 Å². The van der Waals surface area contributed by atoms with E-state index in [0.717, 1.165) is 44.1 Å². The number of hydrogen-bond acceptors (Lipinski definition) is 10. The summed E-state index contributed by atoms with van der Waals surface area (Å²) in [5, 5.41) is 31.0. The number of aliphatic hydroxyl groups excluding tert-OH is 1. The van der Waals surface area contributed by atoms with Gasteiger partial charge in [0, 0.05) is 37.7 Å². The summed E-state index contributed by atoms with van der Waals surface area (Å²) in [5.74, 6) is -4.18. The van der Waals surface area contributed by atoms with Gasteiger partial charge in [0.05, 0.1) is 73.1 Å². The van der Waals surface area contributed by atoms with Gasteiger partial charge in [0.15, 0.2) is 11.6 Å². The second-order valence-electron chi connectivity index (χ2n) is 18.1. The summed E-state index contributed by atoms with van der Waals surface area (Å²) in [6.07, 6.45) is 3.98. The smallest absolute Gasteiger partial charge is 0.308 e. The topological polar surface area (TPSA) is 142 Å². The molecular formula is C43H68O11. The number of benzene rings is 1. The van der Waals surface area contributed by atoms with Crippen molar-refractivity contribution in [3.05, 3.63) is 35.9 Å². The van der Waals surface area contributed by atoms with E-state index in [2.05, 4.69) is 46.8 Å². The molecule has 0 amide bonds. The first-order valence-electron chi connectivity index (χ1n) is 20.7. The molecule has 0 aliphatic carbocycles. The van der Waals surface area contributed by atoms with Crippen molar-refractivity contribution in [3.63, 3.8) is 0 Å². The Morgan fingerprint density at radius 2 is 1.72 bits per heavy atom. The van der Waals surface area contributed by atoms with E-state index in [1.54, 1.807) is 14.0 Å². The summed E-state index contributed by atoms with van der Waals surface area (Å²) in [5.41, 5.74) is -0.0381. The van der Waals surface area contributed by atoms with Crippen molar-refractivity contribution in [3.8, 4) is 0 Å². The molecule has 6 rings (SSSR count). The Hall–Kier alpha value is -1.67. The van der Waals surface area contributed by atoms with Crippen molar-refractivity contribution >= 4 is 5.97 Å². The van der Waals surface area contributed by atoms with Gasteiger partial charge < -0.3 is 48.5 Å². The molecule has 17 atom stereocenters. The highest BCUT2D eigenvalue weighted by molar-refractivity contribution is 5.70. The van der Waals surface area contributed by atoms with Crippen LogP contribution in [0.15, 0.2) is 30.3 Å². The SMILES string of the molecule is CC[C@@]1([C@@H]2O[C@@H]([C@H]3O[C@@](O)(CO)[C@H](C)C[C@@H]3C)C[C@@H]2C)CC[C@H]([C@]2(C)CC[C@]3(C[C@H](OCc4ccccc4)[C@@H](C)[C@@H]([C@@H](C)[C@@H](OC)[C@H](C)C(=O)O)O3)O2)O1. The van der Waals surface area contributed by atoms with Gasteiger partial charge in [-0.05, 0) is 69.8 Å². The van der Waals surface area contributed by atoms with Crippen LogP contribution >= 0.6 is 0 Å². The van der Waals surface area contributed by atoms with Gasteiger partial charge in [-0.2, -0.15) is 0 Å². The molecule has 5 heterocycles. The van der Waals surface area contributed by atoms with Crippen molar-refractivity contribution in [2.45, 2.75) is 179 Å². The summed E-state index contributed by atoms with van der Waals surface area (Å²) >= 11 is 0. The summed E-state index contributed by atoms with van der Waals surface area (Å²) in [6.45, 7) is 16.5. The predicted octanol–water partition coefficient (Wildman–Crippen LogP) is 6.50. The van der Waals surface area contributed by atoms with Gasteiger partial charge in [0.1, 0.15) is 0 Å². The maximum atomic E-state index is 12.1. The molecule has 5 aliphatic heterocycles. The number of aliphatic hydroxyl groups is 2. The van der Waals surface area contributed by atoms with E-state index in [-0.39, 0.29) is 66.2 Å². The number of ether oxygens (including phenoxy) is 7. The third kappa shape index (κ3) is 7.92. The van der Waals surface area contributed by atoms with Crippen molar-refractivity contribution in [2.75, 3.05) is 13.7 Å². The van der Waals surface area contributed by atoms with Crippen molar-refractivity contribution in [2.24, 2.45) is 35.5 Å². The second-order valence-corrected chi connectivity index (χ2v) is 18.1. The average Bonchev–Trinajstić information content (AvgIpc) is 3.87. The van der Waals surface area contributed by atoms with E-state index in [9.17, 15) is 20.1 Å². The minimum atomic E-state index is -1.57. The molecule has 5 fully saturated rings. The first kappa shape index (κ1) is 41.9. The molecule has 306 valence electrons. The van der Waals surface area contributed by atoms with E-state index in [1.807, 2.05) is 32.0 Å². The summed E-state index contributed by atoms with van der Waals surface area (Å²) in [4.78, 5) is 12.1. The van der Waals surface area contributed by atoms with Gasteiger partial charge in [-0.3, -0.25) is 4.79 Å². The molecule has 1 spiro atoms. The molecule has 1 aromatic rings. The molecule has 0 saturated carbocycles. The Morgan fingerprint density at radius 1 is 1.00 bits per heavy atom. The van der Waals surface area contributed by atoms with Crippen LogP contribution in [0.1, 0.15) is 112 Å². The molecule has 1 aromatic carbocycles.